The smallest absolute Gasteiger partial charge is 0.0741 e. The molecule has 2 unspecified atom stereocenters. The predicted octanol–water partition coefficient (Wildman–Crippen LogP) is 2.81. The van der Waals surface area contributed by atoms with E-state index in [0.717, 1.165) is 18.4 Å². The Morgan fingerprint density at radius 3 is 2.57 bits per heavy atom. The average Bonchev–Trinajstić information content (AvgIpc) is 2.17. The molecule has 0 aliphatic heterocycles. The molecule has 0 spiro atoms. The van der Waals surface area contributed by atoms with Gasteiger partial charge in [0, 0.05) is 0 Å². The van der Waals surface area contributed by atoms with E-state index >= 15 is 0 Å². The van der Waals surface area contributed by atoms with Crippen molar-refractivity contribution in [1.29, 1.82) is 0 Å². The molecule has 1 N–H and O–H groups in total. The molecule has 0 saturated heterocycles. The van der Waals surface area contributed by atoms with Crippen molar-refractivity contribution in [3.63, 3.8) is 0 Å². The van der Waals surface area contributed by atoms with Crippen molar-refractivity contribution in [2.75, 3.05) is 6.54 Å². The van der Waals surface area contributed by atoms with Crippen molar-refractivity contribution in [2.45, 2.75) is 52.0 Å². The third-order valence-corrected chi connectivity index (χ3v) is 3.46. The number of rotatable bonds is 3. The quantitative estimate of drug-likeness (QED) is 0.680. The summed E-state index contributed by atoms with van der Waals surface area (Å²) in [5.74, 6) is 4.48. The van der Waals surface area contributed by atoms with Crippen LogP contribution >= 0.6 is 0 Å². The Balaban J connectivity index is 2.33. The number of nitrogens with one attached hydrogen (secondary N) is 1. The molecular weight excluding hydrogens is 170 g/mol. The van der Waals surface area contributed by atoms with Gasteiger partial charge in [0.25, 0.3) is 0 Å². The lowest BCUT2D eigenvalue weighted by atomic mass is 9.80. The molecule has 0 heterocycles. The van der Waals surface area contributed by atoms with Crippen LogP contribution in [0.4, 0.5) is 0 Å². The fourth-order valence-electron chi connectivity index (χ4n) is 2.13. The van der Waals surface area contributed by atoms with Crippen LogP contribution in [0.3, 0.4) is 0 Å². The molecule has 1 fully saturated rings. The van der Waals surface area contributed by atoms with E-state index in [-0.39, 0.29) is 5.54 Å². The first kappa shape index (κ1) is 11.6. The Bertz CT molecular complexity index is 212. The van der Waals surface area contributed by atoms with E-state index in [1.807, 2.05) is 0 Å². The van der Waals surface area contributed by atoms with E-state index in [9.17, 15) is 0 Å². The van der Waals surface area contributed by atoms with Gasteiger partial charge in [-0.25, -0.2) is 0 Å². The predicted molar refractivity (Wildman–Crippen MR) is 62.0 cm³/mol. The summed E-state index contributed by atoms with van der Waals surface area (Å²) >= 11 is 0. The van der Waals surface area contributed by atoms with Crippen LogP contribution in [0.5, 0.6) is 0 Å². The van der Waals surface area contributed by atoms with Crippen LogP contribution < -0.4 is 5.32 Å². The summed E-state index contributed by atoms with van der Waals surface area (Å²) in [6.45, 7) is 7.59. The maximum absolute atomic E-state index is 5.44. The Labute approximate surface area is 88.7 Å². The first-order chi connectivity index (χ1) is 6.55. The van der Waals surface area contributed by atoms with Crippen LogP contribution in [0.1, 0.15) is 46.5 Å². The van der Waals surface area contributed by atoms with Gasteiger partial charge in [0.15, 0.2) is 0 Å². The largest absolute Gasteiger partial charge is 0.301 e. The first-order valence-corrected chi connectivity index (χ1v) is 5.78. The van der Waals surface area contributed by atoms with Crippen LogP contribution in [0.25, 0.3) is 0 Å². The topological polar surface area (TPSA) is 12.0 Å². The summed E-state index contributed by atoms with van der Waals surface area (Å²) in [5.41, 5.74) is -0.142. The summed E-state index contributed by atoms with van der Waals surface area (Å²) in [6, 6.07) is 0. The van der Waals surface area contributed by atoms with Gasteiger partial charge >= 0.3 is 0 Å². The van der Waals surface area contributed by atoms with E-state index in [2.05, 4.69) is 32.0 Å². The normalized spacial score (nSPS) is 28.4. The second-order valence-corrected chi connectivity index (χ2v) is 5.17. The Kier molecular flexibility index (Phi) is 4.01. The van der Waals surface area contributed by atoms with Crippen molar-refractivity contribution >= 4 is 0 Å². The molecule has 0 bridgehead atoms. The molecular formula is C13H23N. The van der Waals surface area contributed by atoms with Gasteiger partial charge < -0.3 is 5.32 Å². The summed E-state index contributed by atoms with van der Waals surface area (Å²) in [5, 5.41) is 3.47. The van der Waals surface area contributed by atoms with Crippen LogP contribution in [-0.2, 0) is 0 Å². The molecule has 1 aliphatic carbocycles. The minimum atomic E-state index is -0.142. The van der Waals surface area contributed by atoms with Crippen molar-refractivity contribution in [3.05, 3.63) is 0 Å². The molecule has 0 aromatic rings. The summed E-state index contributed by atoms with van der Waals surface area (Å²) in [7, 11) is 0. The molecule has 2 atom stereocenters. The number of hydrogen-bond acceptors (Lipinski definition) is 1. The molecule has 0 aromatic carbocycles. The molecule has 1 rings (SSSR count). The summed E-state index contributed by atoms with van der Waals surface area (Å²) in [4.78, 5) is 0. The Morgan fingerprint density at radius 1 is 1.36 bits per heavy atom. The van der Waals surface area contributed by atoms with Gasteiger partial charge in [-0.2, -0.15) is 0 Å². The molecule has 14 heavy (non-hydrogen) atoms. The molecule has 80 valence electrons. The second kappa shape index (κ2) is 4.84. The van der Waals surface area contributed by atoms with Crippen LogP contribution in [0, 0.1) is 24.2 Å². The number of terminal acetylenes is 1. The Hall–Kier alpha value is -0.480. The van der Waals surface area contributed by atoms with Crippen molar-refractivity contribution < 1.29 is 0 Å². The molecule has 0 amide bonds. The highest BCUT2D eigenvalue weighted by Crippen LogP contribution is 2.29. The van der Waals surface area contributed by atoms with Gasteiger partial charge in [-0.1, -0.05) is 32.1 Å². The van der Waals surface area contributed by atoms with Gasteiger partial charge in [0.1, 0.15) is 0 Å². The number of hydrogen-bond donors (Lipinski definition) is 1. The van der Waals surface area contributed by atoms with E-state index in [1.165, 1.54) is 25.7 Å². The summed E-state index contributed by atoms with van der Waals surface area (Å²) < 4.78 is 0. The maximum Gasteiger partial charge on any atom is 0.0741 e. The molecule has 0 aromatic heterocycles. The highest BCUT2D eigenvalue weighted by Gasteiger charge is 2.23. The van der Waals surface area contributed by atoms with E-state index in [1.54, 1.807) is 0 Å². The minimum Gasteiger partial charge on any atom is -0.301 e. The second-order valence-electron chi connectivity index (χ2n) is 5.17. The third kappa shape index (κ3) is 3.35. The van der Waals surface area contributed by atoms with Gasteiger partial charge in [0.05, 0.1) is 5.54 Å². The van der Waals surface area contributed by atoms with Gasteiger partial charge in [0.2, 0.25) is 0 Å². The van der Waals surface area contributed by atoms with Gasteiger partial charge in [-0.15, -0.1) is 6.42 Å². The molecule has 1 heteroatoms. The van der Waals surface area contributed by atoms with Gasteiger partial charge in [-0.05, 0) is 38.6 Å². The van der Waals surface area contributed by atoms with Crippen LogP contribution in [0.15, 0.2) is 0 Å². The highest BCUT2D eigenvalue weighted by atomic mass is 14.9. The molecule has 1 nitrogen and oxygen atoms in total. The van der Waals surface area contributed by atoms with E-state index < -0.39 is 0 Å². The lowest BCUT2D eigenvalue weighted by Gasteiger charge is -2.31. The lowest BCUT2D eigenvalue weighted by Crippen LogP contribution is -2.42. The monoisotopic (exact) mass is 193 g/mol. The standard InChI is InChI=1S/C13H23N/c1-5-13(3,4)14-10-12-9-7-6-8-11(12)2/h1,11-12,14H,6-10H2,2-4H3. The lowest BCUT2D eigenvalue weighted by molar-refractivity contribution is 0.237. The van der Waals surface area contributed by atoms with Crippen molar-refractivity contribution in [3.8, 4) is 12.3 Å². The first-order valence-electron chi connectivity index (χ1n) is 5.78. The minimum absolute atomic E-state index is 0.142. The highest BCUT2D eigenvalue weighted by molar-refractivity contribution is 5.07. The maximum atomic E-state index is 5.44. The molecule has 1 saturated carbocycles. The van der Waals surface area contributed by atoms with Crippen molar-refractivity contribution in [1.82, 2.24) is 5.32 Å². The zero-order valence-electron chi connectivity index (χ0n) is 9.77. The average molecular weight is 193 g/mol. The fourth-order valence-corrected chi connectivity index (χ4v) is 2.13. The fraction of sp³-hybridized carbons (Fsp3) is 0.846. The van der Waals surface area contributed by atoms with E-state index in [0.29, 0.717) is 0 Å². The zero-order chi connectivity index (χ0) is 10.6. The molecule has 0 radical (unpaired) electrons. The van der Waals surface area contributed by atoms with Crippen LogP contribution in [0.2, 0.25) is 0 Å². The Morgan fingerprint density at radius 2 is 2.00 bits per heavy atom. The summed E-state index contributed by atoms with van der Waals surface area (Å²) in [6.07, 6.45) is 11.0. The SMILES string of the molecule is C#CC(C)(C)NCC1CCCCC1C. The molecule has 1 aliphatic rings. The van der Waals surface area contributed by atoms with Crippen LogP contribution in [-0.4, -0.2) is 12.1 Å². The zero-order valence-corrected chi connectivity index (χ0v) is 9.77. The van der Waals surface area contributed by atoms with Crippen molar-refractivity contribution in [2.24, 2.45) is 11.8 Å². The van der Waals surface area contributed by atoms with Gasteiger partial charge in [-0.3, -0.25) is 0 Å². The third-order valence-electron chi connectivity index (χ3n) is 3.46. The van der Waals surface area contributed by atoms with E-state index in [4.69, 9.17) is 6.42 Å².